The normalized spacial score (nSPS) is 22.9. The molecule has 6 heteroatoms. The molecule has 2 fully saturated rings. The topological polar surface area (TPSA) is 39.7 Å². The van der Waals surface area contributed by atoms with E-state index < -0.39 is 0 Å². The molecular formula is C20H32BrIN4. The fourth-order valence-corrected chi connectivity index (χ4v) is 4.59. The molecule has 1 aromatic carbocycles. The molecule has 146 valence electrons. The van der Waals surface area contributed by atoms with E-state index in [4.69, 9.17) is 0 Å². The van der Waals surface area contributed by atoms with Gasteiger partial charge in [0.05, 0.1) is 0 Å². The van der Waals surface area contributed by atoms with E-state index in [1.165, 1.54) is 50.8 Å². The van der Waals surface area contributed by atoms with Crippen LogP contribution in [0.25, 0.3) is 0 Å². The lowest BCUT2D eigenvalue weighted by Gasteiger charge is -2.31. The number of nitrogens with one attached hydrogen (secondary N) is 2. The summed E-state index contributed by atoms with van der Waals surface area (Å²) in [6.07, 6.45) is 6.43. The second kappa shape index (κ2) is 10.3. The van der Waals surface area contributed by atoms with E-state index >= 15 is 0 Å². The van der Waals surface area contributed by atoms with E-state index in [9.17, 15) is 0 Å². The van der Waals surface area contributed by atoms with Crippen LogP contribution in [0.2, 0.25) is 0 Å². The van der Waals surface area contributed by atoms with Gasteiger partial charge in [0.15, 0.2) is 5.96 Å². The zero-order valence-corrected chi connectivity index (χ0v) is 19.8. The van der Waals surface area contributed by atoms with Gasteiger partial charge in [-0.1, -0.05) is 40.9 Å². The molecule has 0 amide bonds. The first-order valence-electron chi connectivity index (χ1n) is 9.50. The second-order valence-corrected chi connectivity index (χ2v) is 8.63. The third-order valence-corrected chi connectivity index (χ3v) is 6.41. The van der Waals surface area contributed by atoms with Crippen molar-refractivity contribution in [1.29, 1.82) is 0 Å². The van der Waals surface area contributed by atoms with Gasteiger partial charge < -0.3 is 15.5 Å². The summed E-state index contributed by atoms with van der Waals surface area (Å²) in [6, 6.07) is 8.89. The third kappa shape index (κ3) is 5.58. The van der Waals surface area contributed by atoms with Crippen LogP contribution in [0.4, 0.5) is 0 Å². The van der Waals surface area contributed by atoms with Gasteiger partial charge >= 0.3 is 0 Å². The van der Waals surface area contributed by atoms with Gasteiger partial charge in [0.1, 0.15) is 0 Å². The number of benzene rings is 1. The Labute approximate surface area is 183 Å². The molecule has 1 aromatic rings. The van der Waals surface area contributed by atoms with Crippen LogP contribution in [0.15, 0.2) is 33.7 Å². The van der Waals surface area contributed by atoms with Gasteiger partial charge in [-0.15, -0.1) is 24.0 Å². The van der Waals surface area contributed by atoms with Gasteiger partial charge in [0.25, 0.3) is 0 Å². The molecule has 1 aliphatic carbocycles. The summed E-state index contributed by atoms with van der Waals surface area (Å²) in [7, 11) is 4.08. The van der Waals surface area contributed by atoms with E-state index in [1.54, 1.807) is 0 Å². The highest BCUT2D eigenvalue weighted by molar-refractivity contribution is 14.0. The first-order valence-corrected chi connectivity index (χ1v) is 10.3. The highest BCUT2D eigenvalue weighted by atomic mass is 127. The fraction of sp³-hybridized carbons (Fsp3) is 0.650. The molecule has 2 N–H and O–H groups in total. The molecule has 1 atom stereocenters. The van der Waals surface area contributed by atoms with Gasteiger partial charge in [-0.3, -0.25) is 4.99 Å². The minimum absolute atomic E-state index is 0. The highest BCUT2D eigenvalue weighted by Gasteiger charge is 2.35. The quantitative estimate of drug-likeness (QED) is 0.341. The van der Waals surface area contributed by atoms with E-state index in [0.717, 1.165) is 29.4 Å². The molecule has 26 heavy (non-hydrogen) atoms. The van der Waals surface area contributed by atoms with Crippen molar-refractivity contribution in [1.82, 2.24) is 15.5 Å². The van der Waals surface area contributed by atoms with Crippen LogP contribution in [0, 0.1) is 5.92 Å². The van der Waals surface area contributed by atoms with Gasteiger partial charge in [-0.05, 0) is 56.5 Å². The number of hydrogen-bond acceptors (Lipinski definition) is 2. The standard InChI is InChI=1S/C20H31BrN4.HI/c1-22-19(23-13-16-9-12-25(2)14-16)24-15-20(10-3-4-11-20)17-5-7-18(21)8-6-17;/h5-8,16H,3-4,9-15H2,1-2H3,(H2,22,23,24);1H. The Balaban J connectivity index is 0.00000243. The maximum absolute atomic E-state index is 4.44. The monoisotopic (exact) mass is 534 g/mol. The number of hydrogen-bond donors (Lipinski definition) is 2. The first-order chi connectivity index (χ1) is 12.1. The van der Waals surface area contributed by atoms with Crippen molar-refractivity contribution in [2.24, 2.45) is 10.9 Å². The Morgan fingerprint density at radius 3 is 2.50 bits per heavy atom. The Kier molecular flexibility index (Phi) is 8.67. The predicted octanol–water partition coefficient (Wildman–Crippen LogP) is 4.00. The number of rotatable bonds is 5. The number of likely N-dealkylation sites (tertiary alicyclic amines) is 1. The van der Waals surface area contributed by atoms with Crippen LogP contribution in [0.3, 0.4) is 0 Å². The summed E-state index contributed by atoms with van der Waals surface area (Å²) >= 11 is 3.55. The van der Waals surface area contributed by atoms with Gasteiger partial charge in [0.2, 0.25) is 0 Å². The average molecular weight is 535 g/mol. The molecule has 3 rings (SSSR count). The number of guanidine groups is 1. The van der Waals surface area contributed by atoms with Crippen molar-refractivity contribution in [2.75, 3.05) is 40.3 Å². The van der Waals surface area contributed by atoms with Crippen molar-refractivity contribution >= 4 is 45.9 Å². The maximum Gasteiger partial charge on any atom is 0.191 e. The molecule has 2 aliphatic rings. The minimum atomic E-state index is 0. The number of nitrogens with zero attached hydrogens (tertiary/aromatic N) is 2. The molecule has 0 bridgehead atoms. The van der Waals surface area contributed by atoms with Crippen LogP contribution in [0.1, 0.15) is 37.7 Å². The molecule has 0 aromatic heterocycles. The molecule has 1 saturated carbocycles. The lowest BCUT2D eigenvalue weighted by atomic mass is 9.79. The van der Waals surface area contributed by atoms with E-state index in [0.29, 0.717) is 0 Å². The molecule has 0 spiro atoms. The van der Waals surface area contributed by atoms with Crippen LogP contribution in [-0.4, -0.2) is 51.1 Å². The highest BCUT2D eigenvalue weighted by Crippen LogP contribution is 2.40. The summed E-state index contributed by atoms with van der Waals surface area (Å²) in [5.74, 6) is 1.67. The zero-order chi connectivity index (χ0) is 17.7. The van der Waals surface area contributed by atoms with Crippen molar-refractivity contribution in [3.8, 4) is 0 Å². The van der Waals surface area contributed by atoms with Crippen LogP contribution < -0.4 is 10.6 Å². The fourth-order valence-electron chi connectivity index (χ4n) is 4.33. The largest absolute Gasteiger partial charge is 0.356 e. The Hall–Kier alpha value is -0.340. The molecule has 1 saturated heterocycles. The Morgan fingerprint density at radius 1 is 1.23 bits per heavy atom. The zero-order valence-electron chi connectivity index (χ0n) is 15.9. The van der Waals surface area contributed by atoms with E-state index in [1.807, 2.05) is 7.05 Å². The summed E-state index contributed by atoms with van der Waals surface area (Å²) < 4.78 is 1.15. The average Bonchev–Trinajstić information content (AvgIpc) is 3.25. The maximum atomic E-state index is 4.44. The third-order valence-electron chi connectivity index (χ3n) is 5.88. The SMILES string of the molecule is CN=C(NCC1CCN(C)C1)NCC1(c2ccc(Br)cc2)CCCC1.I. The number of aliphatic imine (C=N–C) groups is 1. The van der Waals surface area contributed by atoms with Crippen molar-refractivity contribution < 1.29 is 0 Å². The second-order valence-electron chi connectivity index (χ2n) is 7.72. The summed E-state index contributed by atoms with van der Waals surface area (Å²) in [4.78, 5) is 6.85. The van der Waals surface area contributed by atoms with Crippen LogP contribution in [0.5, 0.6) is 0 Å². The van der Waals surface area contributed by atoms with Gasteiger partial charge in [0, 0.05) is 36.6 Å². The Morgan fingerprint density at radius 2 is 1.92 bits per heavy atom. The molecule has 4 nitrogen and oxygen atoms in total. The molecule has 1 aliphatic heterocycles. The summed E-state index contributed by atoms with van der Waals surface area (Å²) in [5.41, 5.74) is 1.69. The summed E-state index contributed by atoms with van der Waals surface area (Å²) in [5, 5.41) is 7.15. The molecule has 0 radical (unpaired) electrons. The molecule has 1 heterocycles. The smallest absolute Gasteiger partial charge is 0.191 e. The van der Waals surface area contributed by atoms with Gasteiger partial charge in [-0.2, -0.15) is 0 Å². The minimum Gasteiger partial charge on any atom is -0.356 e. The van der Waals surface area contributed by atoms with Crippen molar-refractivity contribution in [2.45, 2.75) is 37.5 Å². The van der Waals surface area contributed by atoms with Crippen LogP contribution in [-0.2, 0) is 5.41 Å². The predicted molar refractivity (Wildman–Crippen MR) is 125 cm³/mol. The molecular weight excluding hydrogens is 503 g/mol. The molecule has 1 unspecified atom stereocenters. The lowest BCUT2D eigenvalue weighted by molar-refractivity contribution is 0.393. The first kappa shape index (κ1) is 22.0. The summed E-state index contributed by atoms with van der Waals surface area (Å²) in [6.45, 7) is 4.37. The van der Waals surface area contributed by atoms with Crippen molar-refractivity contribution in [3.05, 3.63) is 34.3 Å². The van der Waals surface area contributed by atoms with Crippen molar-refractivity contribution in [3.63, 3.8) is 0 Å². The van der Waals surface area contributed by atoms with E-state index in [2.05, 4.69) is 67.8 Å². The lowest BCUT2D eigenvalue weighted by Crippen LogP contribution is -2.46. The van der Waals surface area contributed by atoms with Gasteiger partial charge in [-0.25, -0.2) is 0 Å². The Bertz CT molecular complexity index is 584. The van der Waals surface area contributed by atoms with E-state index in [-0.39, 0.29) is 29.4 Å². The van der Waals surface area contributed by atoms with Crippen LogP contribution >= 0.6 is 39.9 Å². The number of halogens is 2.